The zero-order valence-electron chi connectivity index (χ0n) is 19.7. The summed E-state index contributed by atoms with van der Waals surface area (Å²) in [5.41, 5.74) is 2.37. The summed E-state index contributed by atoms with van der Waals surface area (Å²) in [6.45, 7) is 0. The van der Waals surface area contributed by atoms with Crippen LogP contribution in [0.1, 0.15) is 92.8 Å². The number of rotatable bonds is 20. The Balaban J connectivity index is 2.38. The minimum atomic E-state index is -4.03. The zero-order valence-corrected chi connectivity index (χ0v) is 21.3. The molecule has 0 bridgehead atoms. The summed E-state index contributed by atoms with van der Waals surface area (Å²) in [7, 11) is 0. The maximum absolute atomic E-state index is 12.1. The lowest BCUT2D eigenvalue weighted by Gasteiger charge is -2.20. The van der Waals surface area contributed by atoms with Crippen LogP contribution in [0.15, 0.2) is 24.3 Å². The van der Waals surface area contributed by atoms with Gasteiger partial charge in [0, 0.05) is 17.9 Å². The summed E-state index contributed by atoms with van der Waals surface area (Å²) in [6.07, 6.45) is 4.48. The summed E-state index contributed by atoms with van der Waals surface area (Å²) in [4.78, 5) is 21.8. The highest BCUT2D eigenvalue weighted by molar-refractivity contribution is 8.16. The molecule has 0 saturated carbocycles. The molecule has 1 aromatic carbocycles. The lowest BCUT2D eigenvalue weighted by atomic mass is 10.0. The van der Waals surface area contributed by atoms with Gasteiger partial charge in [-0.1, -0.05) is 69.2 Å². The minimum Gasteiger partial charge on any atom is -0.481 e. The third-order valence-electron chi connectivity index (χ3n) is 5.39. The van der Waals surface area contributed by atoms with E-state index in [2.05, 4.69) is 12.1 Å². The van der Waals surface area contributed by atoms with Crippen LogP contribution in [0.4, 0.5) is 13.2 Å². The number of alkyl halides is 3. The number of carbonyl (C=O) groups is 2. The molecule has 9 heteroatoms. The van der Waals surface area contributed by atoms with Gasteiger partial charge in [0.2, 0.25) is 0 Å². The molecule has 0 aromatic heterocycles. The topological polar surface area (TPSA) is 74.6 Å². The Bertz CT molecular complexity index is 694. The van der Waals surface area contributed by atoms with Crippen LogP contribution < -0.4 is 0 Å². The Labute approximate surface area is 209 Å². The molecule has 1 rings (SSSR count). The third-order valence-corrected chi connectivity index (χ3v) is 8.20. The molecule has 0 aliphatic rings. The molecule has 34 heavy (non-hydrogen) atoms. The Morgan fingerprint density at radius 2 is 1.24 bits per heavy atom. The fourth-order valence-corrected chi connectivity index (χ4v) is 6.40. The SMILES string of the molecule is O=C(O)CCSC(SCCC(=O)O)c1ccccc1CCCCCCCCCCCC(F)(F)F. The normalized spacial score (nSPS) is 11.8. The molecule has 2 N–H and O–H groups in total. The molecule has 1 aromatic rings. The predicted octanol–water partition coefficient (Wildman–Crippen LogP) is 8.11. The van der Waals surface area contributed by atoms with E-state index in [-0.39, 0.29) is 23.8 Å². The van der Waals surface area contributed by atoms with Crippen LogP contribution in [-0.4, -0.2) is 39.8 Å². The number of carboxylic acids is 2. The number of hydrogen-bond acceptors (Lipinski definition) is 4. The number of aliphatic carboxylic acids is 2. The predicted molar refractivity (Wildman–Crippen MR) is 135 cm³/mol. The molecule has 4 nitrogen and oxygen atoms in total. The number of unbranched alkanes of at least 4 members (excludes halogenated alkanes) is 8. The van der Waals surface area contributed by atoms with E-state index in [1.165, 1.54) is 5.56 Å². The lowest BCUT2D eigenvalue weighted by Crippen LogP contribution is -2.06. The molecule has 0 aliphatic heterocycles. The fourth-order valence-electron chi connectivity index (χ4n) is 3.60. The largest absolute Gasteiger partial charge is 0.481 e. The van der Waals surface area contributed by atoms with Gasteiger partial charge in [0.25, 0.3) is 0 Å². The highest BCUT2D eigenvalue weighted by Crippen LogP contribution is 2.42. The lowest BCUT2D eigenvalue weighted by molar-refractivity contribution is -0.137. The summed E-state index contributed by atoms with van der Waals surface area (Å²) in [5.74, 6) is -0.720. The minimum absolute atomic E-state index is 0.00671. The summed E-state index contributed by atoms with van der Waals surface area (Å²) >= 11 is 3.11. The van der Waals surface area contributed by atoms with E-state index in [9.17, 15) is 22.8 Å². The van der Waals surface area contributed by atoms with Crippen LogP contribution in [0.2, 0.25) is 0 Å². The molecule has 0 saturated heterocycles. The first-order chi connectivity index (χ1) is 16.2. The highest BCUT2D eigenvalue weighted by atomic mass is 32.2. The molecule has 0 heterocycles. The number of carboxylic acid groups (broad SMARTS) is 2. The van der Waals surface area contributed by atoms with Gasteiger partial charge < -0.3 is 10.2 Å². The molecule has 194 valence electrons. The zero-order chi connectivity index (χ0) is 25.2. The van der Waals surface area contributed by atoms with Crippen molar-refractivity contribution in [1.29, 1.82) is 0 Å². The molecule has 0 spiro atoms. The van der Waals surface area contributed by atoms with Gasteiger partial charge in [-0.05, 0) is 30.4 Å². The second kappa shape index (κ2) is 18.0. The van der Waals surface area contributed by atoms with Gasteiger partial charge >= 0.3 is 18.1 Å². The number of aryl methyl sites for hydroxylation is 1. The Morgan fingerprint density at radius 1 is 0.765 bits per heavy atom. The quantitative estimate of drug-likeness (QED) is 0.133. The Kier molecular flexibility index (Phi) is 16.2. The van der Waals surface area contributed by atoms with Gasteiger partial charge in [0.1, 0.15) is 0 Å². The second-order valence-electron chi connectivity index (χ2n) is 8.36. The first-order valence-electron chi connectivity index (χ1n) is 12.0. The molecule has 0 fully saturated rings. The van der Waals surface area contributed by atoms with E-state index in [0.29, 0.717) is 17.9 Å². The average Bonchev–Trinajstić information content (AvgIpc) is 2.75. The average molecular weight is 523 g/mol. The van der Waals surface area contributed by atoms with Crippen LogP contribution in [-0.2, 0) is 16.0 Å². The standard InChI is InChI=1S/C25H37F3O4S2/c26-25(27,28)17-11-7-5-3-1-2-4-6-8-12-20-13-9-10-14-21(20)24(33-18-15-22(29)30)34-19-16-23(31)32/h9-10,13-14,24H,1-8,11-12,15-19H2,(H,29,30)(H,31,32). The fraction of sp³-hybridized carbons (Fsp3) is 0.680. The van der Waals surface area contributed by atoms with E-state index in [1.54, 1.807) is 23.5 Å². The van der Waals surface area contributed by atoms with Crippen molar-refractivity contribution in [1.82, 2.24) is 0 Å². The molecule has 0 radical (unpaired) electrons. The monoisotopic (exact) mass is 522 g/mol. The van der Waals surface area contributed by atoms with Gasteiger partial charge in [-0.3, -0.25) is 9.59 Å². The second-order valence-corrected chi connectivity index (χ2v) is 11.1. The van der Waals surface area contributed by atoms with E-state index >= 15 is 0 Å². The van der Waals surface area contributed by atoms with Gasteiger partial charge in [0.15, 0.2) is 0 Å². The van der Waals surface area contributed by atoms with E-state index in [1.807, 2.05) is 12.1 Å². The van der Waals surface area contributed by atoms with Crippen molar-refractivity contribution in [3.05, 3.63) is 35.4 Å². The van der Waals surface area contributed by atoms with Crippen molar-refractivity contribution >= 4 is 35.5 Å². The molecule has 0 amide bonds. The van der Waals surface area contributed by atoms with E-state index in [4.69, 9.17) is 10.2 Å². The van der Waals surface area contributed by atoms with Crippen molar-refractivity contribution in [3.63, 3.8) is 0 Å². The molecule has 0 atom stereocenters. The summed E-state index contributed by atoms with van der Waals surface area (Å²) < 4.78 is 36.4. The van der Waals surface area contributed by atoms with Gasteiger partial charge in [-0.2, -0.15) is 13.2 Å². The number of benzene rings is 1. The first-order valence-corrected chi connectivity index (χ1v) is 14.1. The van der Waals surface area contributed by atoms with Crippen molar-refractivity contribution in [2.24, 2.45) is 0 Å². The van der Waals surface area contributed by atoms with Gasteiger partial charge in [-0.15, -0.1) is 23.5 Å². The van der Waals surface area contributed by atoms with Crippen LogP contribution in [0.25, 0.3) is 0 Å². The molecular formula is C25H37F3O4S2. The molecule has 0 unspecified atom stereocenters. The number of hydrogen-bond donors (Lipinski definition) is 2. The van der Waals surface area contributed by atoms with Crippen molar-refractivity contribution in [3.8, 4) is 0 Å². The smallest absolute Gasteiger partial charge is 0.389 e. The Hall–Kier alpha value is -1.35. The van der Waals surface area contributed by atoms with Crippen molar-refractivity contribution < 1.29 is 33.0 Å². The third kappa shape index (κ3) is 16.3. The van der Waals surface area contributed by atoms with Crippen molar-refractivity contribution in [2.45, 2.75) is 94.2 Å². The summed E-state index contributed by atoms with van der Waals surface area (Å²) in [5, 5.41) is 17.9. The number of thioether (sulfide) groups is 2. The maximum atomic E-state index is 12.1. The van der Waals surface area contributed by atoms with Crippen LogP contribution >= 0.6 is 23.5 Å². The van der Waals surface area contributed by atoms with Crippen molar-refractivity contribution in [2.75, 3.05) is 11.5 Å². The maximum Gasteiger partial charge on any atom is 0.389 e. The summed E-state index contributed by atoms with van der Waals surface area (Å²) in [6, 6.07) is 8.12. The molecule has 0 aliphatic carbocycles. The van der Waals surface area contributed by atoms with Crippen LogP contribution in [0, 0.1) is 0 Å². The highest BCUT2D eigenvalue weighted by Gasteiger charge is 2.25. The molecular weight excluding hydrogens is 485 g/mol. The van der Waals surface area contributed by atoms with Gasteiger partial charge in [-0.25, -0.2) is 0 Å². The number of halogens is 3. The van der Waals surface area contributed by atoms with Crippen LogP contribution in [0.5, 0.6) is 0 Å². The Morgan fingerprint density at radius 3 is 1.74 bits per heavy atom. The van der Waals surface area contributed by atoms with Gasteiger partial charge in [0.05, 0.1) is 17.4 Å². The first kappa shape index (κ1) is 30.7. The van der Waals surface area contributed by atoms with Crippen LogP contribution in [0.3, 0.4) is 0 Å². The van der Waals surface area contributed by atoms with E-state index < -0.39 is 24.5 Å². The van der Waals surface area contributed by atoms with E-state index in [0.717, 1.165) is 56.9 Å².